The van der Waals surface area contributed by atoms with Gasteiger partial charge in [0.25, 0.3) is 5.91 Å². The van der Waals surface area contributed by atoms with Gasteiger partial charge in [0.15, 0.2) is 6.23 Å². The quantitative estimate of drug-likeness (QED) is 0.430. The normalized spacial score (nSPS) is 23.2. The molecule has 0 aromatic heterocycles. The van der Waals surface area contributed by atoms with Gasteiger partial charge in [0.05, 0.1) is 0 Å². The summed E-state index contributed by atoms with van der Waals surface area (Å²) in [5.41, 5.74) is 1.52. The lowest BCUT2D eigenvalue weighted by molar-refractivity contribution is -0.139. The third-order valence-corrected chi connectivity index (χ3v) is 4.33. The number of benzene rings is 1. The molecule has 4 N–H and O–H groups in total. The van der Waals surface area contributed by atoms with E-state index in [2.05, 4.69) is 16.0 Å². The molecule has 2 atom stereocenters. The zero-order chi connectivity index (χ0) is 17.3. The van der Waals surface area contributed by atoms with Crippen molar-refractivity contribution in [1.82, 2.24) is 15.5 Å². The number of rotatable bonds is 5. The number of nitrogens with one attached hydrogen (secondary N) is 3. The van der Waals surface area contributed by atoms with E-state index in [1.165, 1.54) is 0 Å². The van der Waals surface area contributed by atoms with E-state index >= 15 is 0 Å². The molecule has 2 unspecified atom stereocenters. The molecular weight excluding hydrogens is 312 g/mol. The molecule has 0 aliphatic carbocycles. The van der Waals surface area contributed by atoms with Crippen LogP contribution in [-0.4, -0.2) is 53.9 Å². The second-order valence-electron chi connectivity index (χ2n) is 5.85. The van der Waals surface area contributed by atoms with Crippen molar-refractivity contribution in [2.24, 2.45) is 0 Å². The largest absolute Gasteiger partial charge is 0.383 e. The molecule has 8 heteroatoms. The maximum atomic E-state index is 12.7. The van der Waals surface area contributed by atoms with Crippen LogP contribution in [0.25, 0.3) is 0 Å². The lowest BCUT2D eigenvalue weighted by Gasteiger charge is -2.32. The van der Waals surface area contributed by atoms with E-state index in [4.69, 9.17) is 0 Å². The fraction of sp³-hybridized carbons (Fsp3) is 0.438. The van der Waals surface area contributed by atoms with Crippen molar-refractivity contribution in [3.05, 3.63) is 29.3 Å². The highest BCUT2D eigenvalue weighted by molar-refractivity contribution is 6.06. The molecular formula is C16H20N4O4. The number of hydrogen-bond donors (Lipinski definition) is 4. The van der Waals surface area contributed by atoms with Crippen LogP contribution in [0.4, 0.5) is 5.69 Å². The van der Waals surface area contributed by atoms with Gasteiger partial charge in [-0.05, 0) is 25.6 Å². The maximum absolute atomic E-state index is 12.7. The highest BCUT2D eigenvalue weighted by atomic mass is 16.3. The van der Waals surface area contributed by atoms with Gasteiger partial charge in [0.2, 0.25) is 11.8 Å². The second-order valence-corrected chi connectivity index (χ2v) is 5.85. The Morgan fingerprint density at radius 3 is 2.79 bits per heavy atom. The van der Waals surface area contributed by atoms with Gasteiger partial charge in [-0.2, -0.15) is 0 Å². The predicted octanol–water partition coefficient (Wildman–Crippen LogP) is -0.430. The molecule has 8 nitrogen and oxygen atoms in total. The summed E-state index contributed by atoms with van der Waals surface area (Å²) in [7, 11) is 1.83. The number of nitrogens with zero attached hydrogens (tertiary/aromatic N) is 1. The van der Waals surface area contributed by atoms with E-state index in [0.29, 0.717) is 23.4 Å². The van der Waals surface area contributed by atoms with Gasteiger partial charge in [0.1, 0.15) is 6.04 Å². The Balaban J connectivity index is 1.88. The van der Waals surface area contributed by atoms with E-state index in [9.17, 15) is 19.5 Å². The van der Waals surface area contributed by atoms with Gasteiger partial charge in [0, 0.05) is 36.3 Å². The van der Waals surface area contributed by atoms with Crippen LogP contribution in [0.5, 0.6) is 0 Å². The van der Waals surface area contributed by atoms with Gasteiger partial charge in [-0.3, -0.25) is 24.6 Å². The molecule has 0 radical (unpaired) electrons. The number of aliphatic hydroxyl groups is 1. The molecule has 2 heterocycles. The number of hydrogen-bond acceptors (Lipinski definition) is 6. The first-order chi connectivity index (χ1) is 11.5. The van der Waals surface area contributed by atoms with Gasteiger partial charge >= 0.3 is 0 Å². The minimum absolute atomic E-state index is 0.149. The first-order valence-electron chi connectivity index (χ1n) is 7.90. The fourth-order valence-electron chi connectivity index (χ4n) is 3.15. The Bertz CT molecular complexity index is 691. The third-order valence-electron chi connectivity index (χ3n) is 4.33. The third kappa shape index (κ3) is 2.74. The number of fused-ring (bicyclic) bond motifs is 1. The van der Waals surface area contributed by atoms with E-state index in [1.807, 2.05) is 7.05 Å². The Hall–Kier alpha value is -2.45. The summed E-state index contributed by atoms with van der Waals surface area (Å²) in [6, 6.07) is 4.32. The lowest BCUT2D eigenvalue weighted by atomic mass is 10.0. The molecule has 2 aliphatic rings. The van der Waals surface area contributed by atoms with Crippen LogP contribution in [0.2, 0.25) is 0 Å². The molecule has 3 rings (SSSR count). The van der Waals surface area contributed by atoms with Crippen LogP contribution in [0, 0.1) is 0 Å². The van der Waals surface area contributed by atoms with Crippen LogP contribution >= 0.6 is 0 Å². The van der Waals surface area contributed by atoms with Crippen molar-refractivity contribution in [1.29, 1.82) is 0 Å². The number of anilines is 1. The van der Waals surface area contributed by atoms with Crippen molar-refractivity contribution < 1.29 is 19.5 Å². The van der Waals surface area contributed by atoms with E-state index in [-0.39, 0.29) is 18.7 Å². The van der Waals surface area contributed by atoms with Gasteiger partial charge in [-0.25, -0.2) is 0 Å². The molecule has 2 aliphatic heterocycles. The van der Waals surface area contributed by atoms with Crippen molar-refractivity contribution >= 4 is 23.4 Å². The average Bonchev–Trinajstić information content (AvgIpc) is 2.81. The summed E-state index contributed by atoms with van der Waals surface area (Å²) in [5, 5.41) is 19.1. The van der Waals surface area contributed by atoms with Crippen LogP contribution in [-0.2, 0) is 9.59 Å². The van der Waals surface area contributed by atoms with E-state index in [0.717, 1.165) is 11.4 Å². The number of piperidine rings is 1. The van der Waals surface area contributed by atoms with Gasteiger partial charge in [-0.1, -0.05) is 6.07 Å². The summed E-state index contributed by atoms with van der Waals surface area (Å²) in [6.07, 6.45) is -0.852. The van der Waals surface area contributed by atoms with Crippen LogP contribution in [0.15, 0.2) is 18.2 Å². The van der Waals surface area contributed by atoms with Gasteiger partial charge < -0.3 is 15.7 Å². The highest BCUT2D eigenvalue weighted by Gasteiger charge is 2.45. The zero-order valence-electron chi connectivity index (χ0n) is 13.3. The van der Waals surface area contributed by atoms with Crippen molar-refractivity contribution in [2.75, 3.05) is 25.5 Å². The minimum atomic E-state index is -1.21. The van der Waals surface area contributed by atoms with E-state index < -0.39 is 24.1 Å². The van der Waals surface area contributed by atoms with Crippen LogP contribution < -0.4 is 16.0 Å². The molecule has 0 bridgehead atoms. The first-order valence-corrected chi connectivity index (χ1v) is 7.90. The highest BCUT2D eigenvalue weighted by Crippen LogP contribution is 2.39. The Labute approximate surface area is 139 Å². The lowest BCUT2D eigenvalue weighted by Crippen LogP contribution is -2.53. The summed E-state index contributed by atoms with van der Waals surface area (Å²) in [4.78, 5) is 37.2. The molecule has 24 heavy (non-hydrogen) atoms. The monoisotopic (exact) mass is 332 g/mol. The Kier molecular flexibility index (Phi) is 4.50. The molecule has 128 valence electrons. The number of imide groups is 1. The van der Waals surface area contributed by atoms with E-state index in [1.54, 1.807) is 18.2 Å². The standard InChI is InChI=1S/C16H20N4O4/c1-17-7-8-18-10-4-2-3-9-13(10)16(24)20(15(9)23)11-5-6-12(21)19-14(11)22/h2-4,11,16-18,24H,5-8H2,1H3,(H,19,21,22). The predicted molar refractivity (Wildman–Crippen MR) is 86.2 cm³/mol. The van der Waals surface area contributed by atoms with Crippen LogP contribution in [0.1, 0.15) is 35.0 Å². The van der Waals surface area contributed by atoms with Gasteiger partial charge in [-0.15, -0.1) is 0 Å². The smallest absolute Gasteiger partial charge is 0.257 e. The molecule has 3 amide bonds. The summed E-state index contributed by atoms with van der Waals surface area (Å²) in [6.45, 7) is 1.36. The summed E-state index contributed by atoms with van der Waals surface area (Å²) in [5.74, 6) is -1.30. The molecule has 0 saturated carbocycles. The molecule has 1 aromatic carbocycles. The minimum Gasteiger partial charge on any atom is -0.383 e. The second kappa shape index (κ2) is 6.58. The molecule has 1 fully saturated rings. The average molecular weight is 332 g/mol. The fourth-order valence-corrected chi connectivity index (χ4v) is 3.15. The van der Waals surface area contributed by atoms with Crippen molar-refractivity contribution in [2.45, 2.75) is 25.1 Å². The Morgan fingerprint density at radius 2 is 2.08 bits per heavy atom. The number of amides is 3. The molecule has 1 aromatic rings. The van der Waals surface area contributed by atoms with Crippen molar-refractivity contribution in [3.8, 4) is 0 Å². The van der Waals surface area contributed by atoms with Crippen LogP contribution in [0.3, 0.4) is 0 Å². The number of carbonyl (C=O) groups excluding carboxylic acids is 3. The zero-order valence-corrected chi connectivity index (χ0v) is 13.3. The Morgan fingerprint density at radius 1 is 1.29 bits per heavy atom. The maximum Gasteiger partial charge on any atom is 0.257 e. The number of carbonyl (C=O) groups is 3. The topological polar surface area (TPSA) is 111 Å². The van der Waals surface area contributed by atoms with Crippen molar-refractivity contribution in [3.63, 3.8) is 0 Å². The number of aliphatic hydroxyl groups excluding tert-OH is 1. The summed E-state index contributed by atoms with van der Waals surface area (Å²) < 4.78 is 0. The molecule has 0 spiro atoms. The summed E-state index contributed by atoms with van der Waals surface area (Å²) >= 11 is 0. The SMILES string of the molecule is CNCCNc1cccc2c1C(O)N(C1CCC(=O)NC1=O)C2=O. The first kappa shape index (κ1) is 16.4. The number of likely N-dealkylation sites (N-methyl/N-ethyl adjacent to an activating group) is 1. The molecule has 1 saturated heterocycles.